The molecule has 0 spiro atoms. The van der Waals surface area contributed by atoms with Gasteiger partial charge in [0.2, 0.25) is 0 Å². The Labute approximate surface area is 123 Å². The number of aromatic nitrogens is 2. The van der Waals surface area contributed by atoms with E-state index in [4.69, 9.17) is 11.6 Å². The summed E-state index contributed by atoms with van der Waals surface area (Å²) < 4.78 is 3.97. The largest absolute Gasteiger partial charge is 0.334 e. The SMILES string of the molecule is CC(C)(C)c1nnsc1C(=O)N1CCCCC1CCl. The first-order valence-electron chi connectivity index (χ1n) is 6.65. The van der Waals surface area contributed by atoms with Crippen molar-refractivity contribution in [2.75, 3.05) is 12.4 Å². The first-order valence-corrected chi connectivity index (χ1v) is 7.95. The highest BCUT2D eigenvalue weighted by atomic mass is 35.5. The molecule has 1 aliphatic rings. The quantitative estimate of drug-likeness (QED) is 0.789. The average Bonchev–Trinajstić information content (AvgIpc) is 2.87. The van der Waals surface area contributed by atoms with E-state index in [9.17, 15) is 4.79 Å². The molecule has 1 aromatic rings. The summed E-state index contributed by atoms with van der Waals surface area (Å²) in [5.41, 5.74) is 0.631. The van der Waals surface area contributed by atoms with Crippen LogP contribution in [-0.4, -0.2) is 38.9 Å². The van der Waals surface area contributed by atoms with E-state index in [1.165, 1.54) is 11.5 Å². The summed E-state index contributed by atoms with van der Waals surface area (Å²) in [7, 11) is 0. The predicted octanol–water partition coefficient (Wildman–Crippen LogP) is 3.07. The molecule has 0 N–H and O–H groups in total. The predicted molar refractivity (Wildman–Crippen MR) is 78.0 cm³/mol. The topological polar surface area (TPSA) is 46.1 Å². The Hall–Kier alpha value is -0.680. The number of halogens is 1. The van der Waals surface area contributed by atoms with Gasteiger partial charge in [-0.25, -0.2) is 0 Å². The van der Waals surface area contributed by atoms with Gasteiger partial charge in [0.05, 0.1) is 5.69 Å². The van der Waals surface area contributed by atoms with Gasteiger partial charge in [-0.3, -0.25) is 4.79 Å². The molecule has 6 heteroatoms. The summed E-state index contributed by atoms with van der Waals surface area (Å²) in [6.07, 6.45) is 3.19. The van der Waals surface area contributed by atoms with Crippen molar-refractivity contribution in [3.8, 4) is 0 Å². The van der Waals surface area contributed by atoms with Crippen molar-refractivity contribution in [2.24, 2.45) is 0 Å². The molecule has 1 aliphatic heterocycles. The number of amides is 1. The van der Waals surface area contributed by atoms with E-state index in [1.807, 2.05) is 4.90 Å². The van der Waals surface area contributed by atoms with Crippen LogP contribution in [0.15, 0.2) is 0 Å². The Bertz CT molecular complexity index is 455. The fourth-order valence-electron chi connectivity index (χ4n) is 2.38. The Morgan fingerprint density at radius 2 is 2.21 bits per heavy atom. The second-order valence-corrected chi connectivity index (χ2v) is 7.07. The van der Waals surface area contributed by atoms with Crippen LogP contribution >= 0.6 is 23.1 Å². The van der Waals surface area contributed by atoms with Crippen molar-refractivity contribution >= 4 is 29.0 Å². The van der Waals surface area contributed by atoms with Crippen molar-refractivity contribution in [1.82, 2.24) is 14.5 Å². The Morgan fingerprint density at radius 3 is 2.84 bits per heavy atom. The van der Waals surface area contributed by atoms with Crippen LogP contribution in [0.5, 0.6) is 0 Å². The molecule has 2 heterocycles. The molecule has 0 aromatic carbocycles. The van der Waals surface area contributed by atoms with Crippen LogP contribution in [-0.2, 0) is 5.41 Å². The van der Waals surface area contributed by atoms with E-state index in [0.29, 0.717) is 10.8 Å². The van der Waals surface area contributed by atoms with Crippen LogP contribution in [0, 0.1) is 0 Å². The summed E-state index contributed by atoms with van der Waals surface area (Å²) >= 11 is 7.18. The zero-order chi connectivity index (χ0) is 14.0. The van der Waals surface area contributed by atoms with E-state index in [0.717, 1.165) is 31.5 Å². The maximum absolute atomic E-state index is 12.7. The van der Waals surface area contributed by atoms with E-state index in [1.54, 1.807) is 0 Å². The lowest BCUT2D eigenvalue weighted by molar-refractivity contribution is 0.0641. The molecule has 1 amide bonds. The molecule has 1 atom stereocenters. The van der Waals surface area contributed by atoms with Gasteiger partial charge in [0.1, 0.15) is 4.88 Å². The van der Waals surface area contributed by atoms with E-state index in [2.05, 4.69) is 30.4 Å². The number of piperidine rings is 1. The van der Waals surface area contributed by atoms with E-state index >= 15 is 0 Å². The van der Waals surface area contributed by atoms with Crippen molar-refractivity contribution in [3.63, 3.8) is 0 Å². The molecule has 2 rings (SSSR count). The highest BCUT2D eigenvalue weighted by Gasteiger charge is 2.32. The minimum absolute atomic E-state index is 0.0466. The lowest BCUT2D eigenvalue weighted by Gasteiger charge is -2.34. The Morgan fingerprint density at radius 1 is 1.47 bits per heavy atom. The molecule has 106 valence electrons. The molecule has 1 aromatic heterocycles. The summed E-state index contributed by atoms with van der Waals surface area (Å²) in [5.74, 6) is 0.549. The molecule has 19 heavy (non-hydrogen) atoms. The minimum atomic E-state index is -0.162. The molecule has 1 unspecified atom stereocenters. The lowest BCUT2D eigenvalue weighted by Crippen LogP contribution is -2.45. The van der Waals surface area contributed by atoms with Crippen molar-refractivity contribution < 1.29 is 4.79 Å². The van der Waals surface area contributed by atoms with Crippen molar-refractivity contribution in [3.05, 3.63) is 10.6 Å². The number of carbonyl (C=O) groups excluding carboxylic acids is 1. The highest BCUT2D eigenvalue weighted by molar-refractivity contribution is 7.08. The molecular formula is C13H20ClN3OS. The second-order valence-electron chi connectivity index (χ2n) is 6.00. The first-order chi connectivity index (χ1) is 8.95. The second kappa shape index (κ2) is 5.75. The van der Waals surface area contributed by atoms with Gasteiger partial charge in [-0.1, -0.05) is 25.3 Å². The van der Waals surface area contributed by atoms with Crippen molar-refractivity contribution in [2.45, 2.75) is 51.5 Å². The monoisotopic (exact) mass is 301 g/mol. The molecule has 1 saturated heterocycles. The third-order valence-electron chi connectivity index (χ3n) is 3.46. The lowest BCUT2D eigenvalue weighted by atomic mass is 9.91. The summed E-state index contributed by atoms with van der Waals surface area (Å²) in [4.78, 5) is 15.3. The van der Waals surface area contributed by atoms with Gasteiger partial charge in [-0.15, -0.1) is 16.7 Å². The third kappa shape index (κ3) is 3.08. The fraction of sp³-hybridized carbons (Fsp3) is 0.769. The Balaban J connectivity index is 2.26. The zero-order valence-corrected chi connectivity index (χ0v) is 13.2. The van der Waals surface area contributed by atoms with E-state index in [-0.39, 0.29) is 17.4 Å². The van der Waals surface area contributed by atoms with Crippen LogP contribution in [0.4, 0.5) is 0 Å². The normalized spacial score (nSPS) is 20.6. The number of carbonyl (C=O) groups is 1. The standard InChI is InChI=1S/C13H20ClN3OS/c1-13(2,3)11-10(19-16-15-11)12(18)17-7-5-4-6-9(17)8-14/h9H,4-8H2,1-3H3. The minimum Gasteiger partial charge on any atom is -0.334 e. The van der Waals surface area contributed by atoms with Crippen LogP contribution < -0.4 is 0 Å². The first kappa shape index (κ1) is 14.7. The summed E-state index contributed by atoms with van der Waals surface area (Å²) in [6.45, 7) is 6.94. The molecule has 4 nitrogen and oxygen atoms in total. The number of alkyl halides is 1. The van der Waals surface area contributed by atoms with Crippen LogP contribution in [0.25, 0.3) is 0 Å². The van der Waals surface area contributed by atoms with E-state index < -0.39 is 0 Å². The van der Waals surface area contributed by atoms with Gasteiger partial charge in [0, 0.05) is 23.9 Å². The van der Waals surface area contributed by atoms with Crippen LogP contribution in [0.1, 0.15) is 55.4 Å². The average molecular weight is 302 g/mol. The van der Waals surface area contributed by atoms with Gasteiger partial charge >= 0.3 is 0 Å². The number of nitrogens with zero attached hydrogens (tertiary/aromatic N) is 3. The molecule has 0 bridgehead atoms. The maximum atomic E-state index is 12.7. The smallest absolute Gasteiger partial charge is 0.267 e. The van der Waals surface area contributed by atoms with Gasteiger partial charge in [0.15, 0.2) is 0 Å². The number of rotatable bonds is 2. The third-order valence-corrected chi connectivity index (χ3v) is 4.53. The molecule has 0 radical (unpaired) electrons. The van der Waals surface area contributed by atoms with Gasteiger partial charge < -0.3 is 4.90 Å². The van der Waals surface area contributed by atoms with Gasteiger partial charge in [-0.05, 0) is 30.8 Å². The maximum Gasteiger partial charge on any atom is 0.267 e. The van der Waals surface area contributed by atoms with Crippen LogP contribution in [0.3, 0.4) is 0 Å². The van der Waals surface area contributed by atoms with Crippen molar-refractivity contribution in [1.29, 1.82) is 0 Å². The molecule has 0 aliphatic carbocycles. The number of likely N-dealkylation sites (tertiary alicyclic amines) is 1. The summed E-state index contributed by atoms with van der Waals surface area (Å²) in [6, 6.07) is 0.151. The molecule has 0 saturated carbocycles. The van der Waals surface area contributed by atoms with Crippen LogP contribution in [0.2, 0.25) is 0 Å². The van der Waals surface area contributed by atoms with Gasteiger partial charge in [-0.2, -0.15) is 0 Å². The molecule has 1 fully saturated rings. The highest BCUT2D eigenvalue weighted by Crippen LogP contribution is 2.29. The fourth-order valence-corrected chi connectivity index (χ4v) is 3.53. The van der Waals surface area contributed by atoms with Gasteiger partial charge in [0.25, 0.3) is 5.91 Å². The number of hydrogen-bond acceptors (Lipinski definition) is 4. The summed E-state index contributed by atoms with van der Waals surface area (Å²) in [5, 5.41) is 4.14. The zero-order valence-electron chi connectivity index (χ0n) is 11.6. The Kier molecular flexibility index (Phi) is 4.46. The number of hydrogen-bond donors (Lipinski definition) is 0. The molecular weight excluding hydrogens is 282 g/mol.